The zero-order valence-electron chi connectivity index (χ0n) is 13.4. The van der Waals surface area contributed by atoms with Gasteiger partial charge in [-0.15, -0.1) is 10.2 Å². The third-order valence-electron chi connectivity index (χ3n) is 4.06. The number of fused-ring (bicyclic) bond motifs is 1. The Bertz CT molecular complexity index is 635. The van der Waals surface area contributed by atoms with Crippen LogP contribution in [0.3, 0.4) is 0 Å². The molecule has 0 saturated heterocycles. The van der Waals surface area contributed by atoms with Gasteiger partial charge in [-0.3, -0.25) is 0 Å². The van der Waals surface area contributed by atoms with E-state index < -0.39 is 0 Å². The Kier molecular flexibility index (Phi) is 4.95. The highest BCUT2D eigenvalue weighted by molar-refractivity contribution is 5.74. The Labute approximate surface area is 135 Å². The molecule has 124 valence electrons. The van der Waals surface area contributed by atoms with Crippen molar-refractivity contribution >= 4 is 6.03 Å². The number of carbonyl (C=O) groups excluding carboxylic acids is 1. The van der Waals surface area contributed by atoms with Crippen molar-refractivity contribution in [2.24, 2.45) is 0 Å². The zero-order valence-corrected chi connectivity index (χ0v) is 13.4. The van der Waals surface area contributed by atoms with Crippen LogP contribution in [0.25, 0.3) is 0 Å². The molecule has 1 aliphatic rings. The summed E-state index contributed by atoms with van der Waals surface area (Å²) in [6.45, 7) is 3.29. The van der Waals surface area contributed by atoms with Crippen LogP contribution in [0.4, 0.5) is 4.79 Å². The van der Waals surface area contributed by atoms with Crippen molar-refractivity contribution in [1.29, 1.82) is 0 Å². The molecule has 0 aromatic carbocycles. The maximum atomic E-state index is 12.0. The zero-order chi connectivity index (χ0) is 16.1. The van der Waals surface area contributed by atoms with E-state index in [-0.39, 0.29) is 12.1 Å². The Balaban J connectivity index is 1.48. The van der Waals surface area contributed by atoms with E-state index in [0.717, 1.165) is 43.2 Å². The van der Waals surface area contributed by atoms with E-state index in [2.05, 4.69) is 25.4 Å². The van der Waals surface area contributed by atoms with E-state index >= 15 is 0 Å². The number of hydrogen-bond acceptors (Lipinski definition) is 4. The largest absolute Gasteiger partial charge is 0.469 e. The van der Waals surface area contributed by atoms with Crippen molar-refractivity contribution in [3.63, 3.8) is 0 Å². The lowest BCUT2D eigenvalue weighted by atomic mass is 10.2. The summed E-state index contributed by atoms with van der Waals surface area (Å²) in [4.78, 5) is 12.0. The first-order valence-electron chi connectivity index (χ1n) is 8.20. The van der Waals surface area contributed by atoms with Gasteiger partial charge >= 0.3 is 6.03 Å². The van der Waals surface area contributed by atoms with Crippen LogP contribution < -0.4 is 10.6 Å². The maximum absolute atomic E-state index is 12.0. The summed E-state index contributed by atoms with van der Waals surface area (Å²) in [7, 11) is 0. The Morgan fingerprint density at radius 2 is 2.30 bits per heavy atom. The van der Waals surface area contributed by atoms with Crippen LogP contribution >= 0.6 is 0 Å². The maximum Gasteiger partial charge on any atom is 0.315 e. The predicted octanol–water partition coefficient (Wildman–Crippen LogP) is 2.03. The van der Waals surface area contributed by atoms with Crippen molar-refractivity contribution < 1.29 is 9.21 Å². The molecule has 0 radical (unpaired) electrons. The molecule has 0 spiro atoms. The fraction of sp³-hybridized carbons (Fsp3) is 0.562. The second-order valence-electron chi connectivity index (χ2n) is 6.01. The molecule has 0 fully saturated rings. The molecule has 7 nitrogen and oxygen atoms in total. The topological polar surface area (TPSA) is 85.0 Å². The van der Waals surface area contributed by atoms with Crippen molar-refractivity contribution in [1.82, 2.24) is 25.4 Å². The quantitative estimate of drug-likeness (QED) is 0.883. The normalized spacial score (nSPS) is 15.5. The van der Waals surface area contributed by atoms with E-state index in [4.69, 9.17) is 4.42 Å². The molecular formula is C16H23N5O2. The highest BCUT2D eigenvalue weighted by Crippen LogP contribution is 2.14. The van der Waals surface area contributed by atoms with Crippen LogP contribution in [0.2, 0.25) is 0 Å². The Hall–Kier alpha value is -2.31. The summed E-state index contributed by atoms with van der Waals surface area (Å²) in [5.41, 5.74) is 0. The molecular weight excluding hydrogens is 294 g/mol. The fourth-order valence-electron chi connectivity index (χ4n) is 2.89. The van der Waals surface area contributed by atoms with Gasteiger partial charge in [0.05, 0.1) is 12.8 Å². The highest BCUT2D eigenvalue weighted by atomic mass is 16.3. The van der Waals surface area contributed by atoms with Crippen molar-refractivity contribution in [3.05, 3.63) is 35.8 Å². The minimum atomic E-state index is -0.199. The number of nitrogens with one attached hydrogen (secondary N) is 2. The monoisotopic (exact) mass is 317 g/mol. The molecule has 23 heavy (non-hydrogen) atoms. The summed E-state index contributed by atoms with van der Waals surface area (Å²) in [5, 5.41) is 14.2. The number of urea groups is 1. The van der Waals surface area contributed by atoms with E-state index in [9.17, 15) is 4.79 Å². The summed E-state index contributed by atoms with van der Waals surface area (Å²) >= 11 is 0. The standard InChI is InChI=1S/C16H23N5O2/c1-12(10-13-6-5-9-23-13)18-16(22)17-11-15-20-19-14-7-3-2-4-8-21(14)15/h5-6,9,12H,2-4,7-8,10-11H2,1H3,(H2,17,18,22)/t12-/m1/s1. The number of carbonyl (C=O) groups is 1. The second kappa shape index (κ2) is 7.30. The van der Waals surface area contributed by atoms with Gasteiger partial charge in [-0.1, -0.05) is 6.42 Å². The van der Waals surface area contributed by atoms with Crippen LogP contribution in [0, 0.1) is 0 Å². The minimum absolute atomic E-state index is 0.00309. The molecule has 2 aromatic rings. The summed E-state index contributed by atoms with van der Waals surface area (Å²) in [6, 6.07) is 3.55. The third-order valence-corrected chi connectivity index (χ3v) is 4.06. The first kappa shape index (κ1) is 15.6. The van der Waals surface area contributed by atoms with Gasteiger partial charge in [0.2, 0.25) is 0 Å². The predicted molar refractivity (Wildman–Crippen MR) is 84.8 cm³/mol. The van der Waals surface area contributed by atoms with Crippen LogP contribution in [0.15, 0.2) is 22.8 Å². The molecule has 2 aromatic heterocycles. The van der Waals surface area contributed by atoms with Crippen molar-refractivity contribution in [2.75, 3.05) is 0 Å². The van der Waals surface area contributed by atoms with Gasteiger partial charge in [0.15, 0.2) is 5.82 Å². The molecule has 1 aliphatic heterocycles. The molecule has 0 unspecified atom stereocenters. The Morgan fingerprint density at radius 1 is 1.39 bits per heavy atom. The van der Waals surface area contributed by atoms with Crippen LogP contribution in [-0.4, -0.2) is 26.8 Å². The number of aryl methyl sites for hydroxylation is 1. The molecule has 3 heterocycles. The van der Waals surface area contributed by atoms with Gasteiger partial charge in [0.1, 0.15) is 11.6 Å². The van der Waals surface area contributed by atoms with Crippen molar-refractivity contribution in [3.8, 4) is 0 Å². The number of amides is 2. The summed E-state index contributed by atoms with van der Waals surface area (Å²) < 4.78 is 7.42. The van der Waals surface area contributed by atoms with Gasteiger partial charge < -0.3 is 19.6 Å². The van der Waals surface area contributed by atoms with Gasteiger partial charge in [-0.2, -0.15) is 0 Å². The lowest BCUT2D eigenvalue weighted by molar-refractivity contribution is 0.236. The minimum Gasteiger partial charge on any atom is -0.469 e. The molecule has 1 atom stereocenters. The van der Waals surface area contributed by atoms with Crippen molar-refractivity contribution in [2.45, 2.75) is 58.2 Å². The van der Waals surface area contributed by atoms with E-state index in [1.54, 1.807) is 6.26 Å². The number of furan rings is 1. The van der Waals surface area contributed by atoms with Crippen LogP contribution in [0.5, 0.6) is 0 Å². The SMILES string of the molecule is C[C@H](Cc1ccco1)NC(=O)NCc1nnc2n1CCCCC2. The molecule has 0 aliphatic carbocycles. The van der Waals surface area contributed by atoms with Crippen LogP contribution in [-0.2, 0) is 25.9 Å². The van der Waals surface area contributed by atoms with Gasteiger partial charge in [-0.05, 0) is 31.9 Å². The molecule has 0 saturated carbocycles. The molecule has 0 bridgehead atoms. The fourth-order valence-corrected chi connectivity index (χ4v) is 2.89. The van der Waals surface area contributed by atoms with E-state index in [0.29, 0.717) is 13.0 Å². The molecule has 7 heteroatoms. The number of rotatable bonds is 5. The van der Waals surface area contributed by atoms with E-state index in [1.807, 2.05) is 19.1 Å². The lowest BCUT2D eigenvalue weighted by Crippen LogP contribution is -2.41. The molecule has 2 N–H and O–H groups in total. The molecule has 2 amide bonds. The number of hydrogen-bond donors (Lipinski definition) is 2. The first-order chi connectivity index (χ1) is 11.2. The van der Waals surface area contributed by atoms with Gasteiger partial charge in [-0.25, -0.2) is 4.79 Å². The summed E-state index contributed by atoms with van der Waals surface area (Å²) in [5.74, 6) is 2.72. The highest BCUT2D eigenvalue weighted by Gasteiger charge is 2.15. The second-order valence-corrected chi connectivity index (χ2v) is 6.01. The third kappa shape index (κ3) is 4.12. The van der Waals surface area contributed by atoms with Gasteiger partial charge in [0, 0.05) is 25.4 Å². The van der Waals surface area contributed by atoms with Crippen LogP contribution in [0.1, 0.15) is 43.6 Å². The number of nitrogens with zero attached hydrogens (tertiary/aromatic N) is 3. The Morgan fingerprint density at radius 3 is 3.13 bits per heavy atom. The smallest absolute Gasteiger partial charge is 0.315 e. The first-order valence-corrected chi connectivity index (χ1v) is 8.20. The van der Waals surface area contributed by atoms with Gasteiger partial charge in [0.25, 0.3) is 0 Å². The average Bonchev–Trinajstić information content (AvgIpc) is 3.10. The lowest BCUT2D eigenvalue weighted by Gasteiger charge is -2.13. The van der Waals surface area contributed by atoms with E-state index in [1.165, 1.54) is 6.42 Å². The molecule has 3 rings (SSSR count). The number of aromatic nitrogens is 3. The average molecular weight is 317 g/mol. The summed E-state index contributed by atoms with van der Waals surface area (Å²) in [6.07, 6.45) is 6.81.